The molecule has 0 amide bonds. The van der Waals surface area contributed by atoms with Crippen LogP contribution in [0.3, 0.4) is 0 Å². The number of nitrogens with zero attached hydrogens (tertiary/aromatic N) is 2. The van der Waals surface area contributed by atoms with E-state index >= 15 is 0 Å². The van der Waals surface area contributed by atoms with Crippen molar-refractivity contribution in [3.63, 3.8) is 0 Å². The zero-order valence-electron chi connectivity index (χ0n) is 11.1. The number of imidazole rings is 1. The van der Waals surface area contributed by atoms with Crippen molar-refractivity contribution in [1.82, 2.24) is 9.13 Å². The third-order valence-electron chi connectivity index (χ3n) is 4.72. The molecule has 0 bridgehead atoms. The Morgan fingerprint density at radius 1 is 0.722 bits per heavy atom. The fourth-order valence-corrected chi connectivity index (χ4v) is 4.43. The van der Waals surface area contributed by atoms with Crippen LogP contribution in [0, 0.1) is 3.89 Å². The summed E-state index contributed by atoms with van der Waals surface area (Å²) >= 11 is 3.54. The van der Waals surface area contributed by atoms with Crippen molar-refractivity contribution in [3.05, 3.63) is 16.3 Å². The third kappa shape index (κ3) is 2.58. The average Bonchev–Trinajstić information content (AvgIpc) is 2.83. The van der Waals surface area contributed by atoms with Gasteiger partial charge >= 0.3 is 120 Å². The van der Waals surface area contributed by atoms with Gasteiger partial charge in [0.05, 0.1) is 0 Å². The summed E-state index contributed by atoms with van der Waals surface area (Å²) in [5.41, 5.74) is 0. The van der Waals surface area contributed by atoms with Crippen LogP contribution in [-0.4, -0.2) is 9.13 Å². The molecule has 1 aromatic heterocycles. The molecule has 0 aromatic carbocycles. The molecular formula is C15H24N2Pd. The number of aromatic nitrogens is 2. The Hall–Kier alpha value is -0.128. The molecule has 2 aliphatic rings. The van der Waals surface area contributed by atoms with Crippen molar-refractivity contribution in [2.24, 2.45) is 0 Å². The quantitative estimate of drug-likeness (QED) is 0.708. The first-order valence-electron chi connectivity index (χ1n) is 7.60. The number of hydrogen-bond acceptors (Lipinski definition) is 0. The van der Waals surface area contributed by atoms with Crippen molar-refractivity contribution < 1.29 is 18.7 Å². The second kappa shape index (κ2) is 5.89. The molecule has 1 aromatic rings. The van der Waals surface area contributed by atoms with Crippen LogP contribution in [0.4, 0.5) is 0 Å². The van der Waals surface area contributed by atoms with E-state index in [9.17, 15) is 0 Å². The van der Waals surface area contributed by atoms with E-state index in [2.05, 4.69) is 40.3 Å². The Morgan fingerprint density at radius 3 is 1.50 bits per heavy atom. The molecule has 0 spiro atoms. The molecule has 0 radical (unpaired) electrons. The molecule has 0 aliphatic heterocycles. The molecule has 3 heteroatoms. The van der Waals surface area contributed by atoms with Gasteiger partial charge in [-0.2, -0.15) is 0 Å². The van der Waals surface area contributed by atoms with Crippen molar-refractivity contribution >= 4 is 0 Å². The van der Waals surface area contributed by atoms with Crippen LogP contribution in [0.1, 0.15) is 76.3 Å². The summed E-state index contributed by atoms with van der Waals surface area (Å²) in [6.45, 7) is 0. The van der Waals surface area contributed by atoms with Crippen LogP contribution < -0.4 is 0 Å². The van der Waals surface area contributed by atoms with Gasteiger partial charge in [0, 0.05) is 0 Å². The molecule has 0 unspecified atom stereocenters. The molecule has 3 rings (SSSR count). The van der Waals surface area contributed by atoms with Crippen LogP contribution in [-0.2, 0) is 18.7 Å². The van der Waals surface area contributed by atoms with Gasteiger partial charge in [0.25, 0.3) is 0 Å². The van der Waals surface area contributed by atoms with Gasteiger partial charge in [-0.05, 0) is 0 Å². The Labute approximate surface area is 120 Å². The molecule has 104 valence electrons. The molecule has 0 atom stereocenters. The topological polar surface area (TPSA) is 9.86 Å². The molecule has 0 N–H and O–H groups in total. The summed E-state index contributed by atoms with van der Waals surface area (Å²) in [5.74, 6) is 0. The van der Waals surface area contributed by atoms with Gasteiger partial charge in [-0.25, -0.2) is 0 Å². The van der Waals surface area contributed by atoms with E-state index in [1.165, 1.54) is 68.1 Å². The van der Waals surface area contributed by atoms with E-state index in [0.717, 1.165) is 12.1 Å². The van der Waals surface area contributed by atoms with E-state index in [1.54, 1.807) is 0 Å². The van der Waals surface area contributed by atoms with Crippen molar-refractivity contribution in [1.29, 1.82) is 0 Å². The molecule has 2 aliphatic carbocycles. The van der Waals surface area contributed by atoms with Gasteiger partial charge in [-0.3, -0.25) is 0 Å². The van der Waals surface area contributed by atoms with Crippen LogP contribution in [0.2, 0.25) is 0 Å². The molecule has 2 fully saturated rings. The predicted molar refractivity (Wildman–Crippen MR) is 69.9 cm³/mol. The minimum atomic E-state index is 0.744. The van der Waals surface area contributed by atoms with Crippen molar-refractivity contribution in [2.75, 3.05) is 0 Å². The molecule has 1 heterocycles. The molecule has 18 heavy (non-hydrogen) atoms. The van der Waals surface area contributed by atoms with E-state index in [0.29, 0.717) is 0 Å². The van der Waals surface area contributed by atoms with Gasteiger partial charge in [0.1, 0.15) is 0 Å². The molecule has 2 nitrogen and oxygen atoms in total. The van der Waals surface area contributed by atoms with E-state index < -0.39 is 0 Å². The zero-order chi connectivity index (χ0) is 12.4. The zero-order valence-corrected chi connectivity index (χ0v) is 12.6. The van der Waals surface area contributed by atoms with Crippen LogP contribution in [0.25, 0.3) is 0 Å². The second-order valence-electron chi connectivity index (χ2n) is 5.94. The Kier molecular flexibility index (Phi) is 4.21. The molecule has 2 saturated carbocycles. The fraction of sp³-hybridized carbons (Fsp3) is 0.800. The van der Waals surface area contributed by atoms with Gasteiger partial charge in [-0.15, -0.1) is 0 Å². The van der Waals surface area contributed by atoms with E-state index in [-0.39, 0.29) is 0 Å². The molecule has 0 saturated heterocycles. The van der Waals surface area contributed by atoms with Crippen molar-refractivity contribution in [3.8, 4) is 0 Å². The van der Waals surface area contributed by atoms with Gasteiger partial charge < -0.3 is 0 Å². The van der Waals surface area contributed by atoms with Gasteiger partial charge in [-0.1, -0.05) is 0 Å². The Balaban J connectivity index is 1.80. The normalized spacial score (nSPS) is 23.4. The SMILES string of the molecule is [Pd]=[c]1n(C2CCCCC2)ccn1C1CCCCC1. The first-order chi connectivity index (χ1) is 8.86. The summed E-state index contributed by atoms with van der Waals surface area (Å²) in [4.78, 5) is 0. The summed E-state index contributed by atoms with van der Waals surface area (Å²) in [7, 11) is 0. The maximum atomic E-state index is 3.54. The van der Waals surface area contributed by atoms with Crippen LogP contribution in [0.15, 0.2) is 12.4 Å². The second-order valence-corrected chi connectivity index (χ2v) is 6.63. The van der Waals surface area contributed by atoms with Crippen molar-refractivity contribution in [2.45, 2.75) is 76.3 Å². The predicted octanol–water partition coefficient (Wildman–Crippen LogP) is 4.38. The van der Waals surface area contributed by atoms with Crippen LogP contribution in [0.5, 0.6) is 0 Å². The summed E-state index contributed by atoms with van der Waals surface area (Å²) in [6, 6.07) is 1.49. The minimum absolute atomic E-state index is 0.744. The van der Waals surface area contributed by atoms with Gasteiger partial charge in [0.15, 0.2) is 0 Å². The first kappa shape index (κ1) is 12.9. The summed E-state index contributed by atoms with van der Waals surface area (Å²) in [6.07, 6.45) is 18.6. The number of rotatable bonds is 2. The summed E-state index contributed by atoms with van der Waals surface area (Å²) < 4.78 is 6.34. The van der Waals surface area contributed by atoms with Gasteiger partial charge in [0.2, 0.25) is 0 Å². The first-order valence-corrected chi connectivity index (χ1v) is 8.38. The summed E-state index contributed by atoms with van der Waals surface area (Å²) in [5, 5.41) is 0. The Bertz CT molecular complexity index is 395. The standard InChI is InChI=1S/C15H24N2.Pd/c1-3-7-14(8-4-1)16-11-12-17(13-16)15-9-5-2-6-10-15;/h11-12,14-15H,1-10H2;. The van der Waals surface area contributed by atoms with Crippen LogP contribution >= 0.6 is 0 Å². The maximum absolute atomic E-state index is 3.54. The average molecular weight is 339 g/mol. The van der Waals surface area contributed by atoms with E-state index in [4.69, 9.17) is 0 Å². The Morgan fingerprint density at radius 2 is 1.11 bits per heavy atom. The fourth-order valence-electron chi connectivity index (χ4n) is 3.63. The number of hydrogen-bond donors (Lipinski definition) is 0. The molecular weight excluding hydrogens is 315 g/mol. The van der Waals surface area contributed by atoms with E-state index in [1.807, 2.05) is 0 Å². The third-order valence-corrected chi connectivity index (χ3v) is 5.52. The monoisotopic (exact) mass is 338 g/mol.